The molecule has 3 nitrogen and oxygen atoms in total. The Morgan fingerprint density at radius 2 is 1.67 bits per heavy atom. The zero-order valence-corrected chi connectivity index (χ0v) is 14.8. The zero-order chi connectivity index (χ0) is 16.4. The summed E-state index contributed by atoms with van der Waals surface area (Å²) in [6.07, 6.45) is 9.03. The second-order valence-corrected chi connectivity index (χ2v) is 8.24. The largest absolute Gasteiger partial charge is 0.391 e. The van der Waals surface area contributed by atoms with Gasteiger partial charge in [0.1, 0.15) is 0 Å². The van der Waals surface area contributed by atoms with E-state index < -0.39 is 0 Å². The van der Waals surface area contributed by atoms with E-state index in [0.717, 1.165) is 38.4 Å². The molecular formula is C21H32N2O. The van der Waals surface area contributed by atoms with Crippen molar-refractivity contribution in [1.82, 2.24) is 9.80 Å². The van der Waals surface area contributed by atoms with Gasteiger partial charge in [-0.2, -0.15) is 0 Å². The topological polar surface area (TPSA) is 26.7 Å². The molecular weight excluding hydrogens is 296 g/mol. The molecule has 0 unspecified atom stereocenters. The predicted octanol–water partition coefficient (Wildman–Crippen LogP) is 3.28. The monoisotopic (exact) mass is 328 g/mol. The molecule has 1 saturated carbocycles. The minimum Gasteiger partial charge on any atom is -0.391 e. The summed E-state index contributed by atoms with van der Waals surface area (Å²) in [5.74, 6) is 0.868. The second kappa shape index (κ2) is 7.55. The lowest BCUT2D eigenvalue weighted by Crippen LogP contribution is -2.59. The van der Waals surface area contributed by atoms with Gasteiger partial charge in [0.15, 0.2) is 0 Å². The quantitative estimate of drug-likeness (QED) is 0.919. The van der Waals surface area contributed by atoms with Crippen LogP contribution in [0.2, 0.25) is 0 Å². The van der Waals surface area contributed by atoms with E-state index in [1.165, 1.54) is 44.2 Å². The number of aliphatic hydroxyl groups excluding tert-OH is 1. The lowest BCUT2D eigenvalue weighted by atomic mass is 9.88. The first-order valence-corrected chi connectivity index (χ1v) is 9.99. The third kappa shape index (κ3) is 3.68. The van der Waals surface area contributed by atoms with Gasteiger partial charge in [0.05, 0.1) is 6.10 Å². The molecule has 0 spiro atoms. The van der Waals surface area contributed by atoms with E-state index in [1.54, 1.807) is 0 Å². The van der Waals surface area contributed by atoms with Crippen molar-refractivity contribution in [1.29, 1.82) is 0 Å². The van der Waals surface area contributed by atoms with Crippen LogP contribution in [-0.2, 0) is 6.54 Å². The van der Waals surface area contributed by atoms with Crippen LogP contribution in [0.5, 0.6) is 0 Å². The van der Waals surface area contributed by atoms with Crippen molar-refractivity contribution in [3.8, 4) is 0 Å². The van der Waals surface area contributed by atoms with Crippen molar-refractivity contribution in [2.24, 2.45) is 5.92 Å². The van der Waals surface area contributed by atoms with Gasteiger partial charge in [0.25, 0.3) is 0 Å². The van der Waals surface area contributed by atoms with Gasteiger partial charge in [0.2, 0.25) is 0 Å². The van der Waals surface area contributed by atoms with Gasteiger partial charge >= 0.3 is 0 Å². The van der Waals surface area contributed by atoms with Gasteiger partial charge in [-0.3, -0.25) is 9.80 Å². The molecule has 4 fully saturated rings. The maximum atomic E-state index is 10.7. The van der Waals surface area contributed by atoms with Crippen LogP contribution in [0.1, 0.15) is 50.5 Å². The summed E-state index contributed by atoms with van der Waals surface area (Å²) in [6, 6.07) is 11.8. The third-order valence-corrected chi connectivity index (χ3v) is 6.54. The number of fused-ring (bicyclic) bond motifs is 4. The average molecular weight is 328 g/mol. The van der Waals surface area contributed by atoms with Crippen LogP contribution < -0.4 is 0 Å². The van der Waals surface area contributed by atoms with Crippen LogP contribution in [0.3, 0.4) is 0 Å². The molecule has 4 aliphatic rings. The van der Waals surface area contributed by atoms with Crippen LogP contribution >= 0.6 is 0 Å². The number of nitrogens with zero attached hydrogens (tertiary/aromatic N) is 2. The highest BCUT2D eigenvalue weighted by atomic mass is 16.3. The molecule has 0 amide bonds. The second-order valence-electron chi connectivity index (χ2n) is 8.24. The van der Waals surface area contributed by atoms with Crippen LogP contribution in [0.25, 0.3) is 0 Å². The van der Waals surface area contributed by atoms with Crippen molar-refractivity contribution >= 4 is 0 Å². The Morgan fingerprint density at radius 3 is 2.46 bits per heavy atom. The Morgan fingerprint density at radius 1 is 0.875 bits per heavy atom. The molecule has 3 atom stereocenters. The molecule has 1 aliphatic carbocycles. The number of piperazine rings is 1. The van der Waals surface area contributed by atoms with Gasteiger partial charge in [0, 0.05) is 38.3 Å². The smallest absolute Gasteiger partial charge is 0.0708 e. The van der Waals surface area contributed by atoms with Crippen LogP contribution in [0, 0.1) is 5.92 Å². The fraction of sp³-hybridized carbons (Fsp3) is 0.714. The molecule has 3 aliphatic heterocycles. The Labute approximate surface area is 146 Å². The summed E-state index contributed by atoms with van der Waals surface area (Å²) in [5, 5.41) is 10.7. The van der Waals surface area contributed by atoms with Crippen molar-refractivity contribution in [2.75, 3.05) is 19.6 Å². The summed E-state index contributed by atoms with van der Waals surface area (Å²) in [6.45, 7) is 4.45. The van der Waals surface area contributed by atoms with E-state index >= 15 is 0 Å². The summed E-state index contributed by atoms with van der Waals surface area (Å²) in [7, 11) is 0. The molecule has 3 heteroatoms. The van der Waals surface area contributed by atoms with Gasteiger partial charge < -0.3 is 5.11 Å². The number of benzene rings is 1. The molecule has 132 valence electrons. The normalized spacial score (nSPS) is 32.8. The summed E-state index contributed by atoms with van der Waals surface area (Å²) >= 11 is 0. The number of hydrogen-bond acceptors (Lipinski definition) is 3. The van der Waals surface area contributed by atoms with Gasteiger partial charge in [-0.05, 0) is 37.2 Å². The van der Waals surface area contributed by atoms with Crippen molar-refractivity contribution in [2.45, 2.75) is 69.7 Å². The van der Waals surface area contributed by atoms with Gasteiger partial charge in [-0.25, -0.2) is 0 Å². The molecule has 3 saturated heterocycles. The molecule has 0 radical (unpaired) electrons. The van der Waals surface area contributed by atoms with Crippen LogP contribution in [0.4, 0.5) is 0 Å². The van der Waals surface area contributed by atoms with E-state index in [-0.39, 0.29) is 6.10 Å². The van der Waals surface area contributed by atoms with Crippen molar-refractivity contribution in [3.63, 3.8) is 0 Å². The maximum absolute atomic E-state index is 10.7. The fourth-order valence-electron chi connectivity index (χ4n) is 5.14. The fourth-order valence-corrected chi connectivity index (χ4v) is 5.14. The first-order valence-electron chi connectivity index (χ1n) is 9.99. The van der Waals surface area contributed by atoms with E-state index in [2.05, 4.69) is 40.1 Å². The summed E-state index contributed by atoms with van der Waals surface area (Å²) in [4.78, 5) is 5.29. The molecule has 2 bridgehead atoms. The van der Waals surface area contributed by atoms with Crippen molar-refractivity contribution in [3.05, 3.63) is 35.9 Å². The zero-order valence-electron chi connectivity index (χ0n) is 14.8. The highest BCUT2D eigenvalue weighted by Gasteiger charge is 2.41. The van der Waals surface area contributed by atoms with E-state index in [0.29, 0.717) is 12.1 Å². The lowest BCUT2D eigenvalue weighted by molar-refractivity contribution is -0.0167. The Kier molecular flexibility index (Phi) is 5.21. The average Bonchev–Trinajstić information content (AvgIpc) is 2.86. The molecule has 1 aromatic carbocycles. The van der Waals surface area contributed by atoms with Gasteiger partial charge in [-0.1, -0.05) is 49.6 Å². The lowest BCUT2D eigenvalue weighted by Gasteiger charge is -2.46. The number of rotatable bonds is 4. The van der Waals surface area contributed by atoms with Crippen LogP contribution in [-0.4, -0.2) is 52.7 Å². The summed E-state index contributed by atoms with van der Waals surface area (Å²) in [5.41, 5.74) is 1.40. The minimum atomic E-state index is -0.139. The highest BCUT2D eigenvalue weighted by Crippen LogP contribution is 2.32. The molecule has 1 N–H and O–H groups in total. The van der Waals surface area contributed by atoms with E-state index in [4.69, 9.17) is 0 Å². The van der Waals surface area contributed by atoms with Gasteiger partial charge in [-0.15, -0.1) is 0 Å². The predicted molar refractivity (Wildman–Crippen MR) is 97.8 cm³/mol. The summed E-state index contributed by atoms with van der Waals surface area (Å²) < 4.78 is 0. The first-order chi connectivity index (χ1) is 11.8. The Bertz CT molecular complexity index is 514. The molecule has 1 aromatic rings. The Balaban J connectivity index is 1.43. The van der Waals surface area contributed by atoms with Crippen LogP contribution in [0.15, 0.2) is 30.3 Å². The third-order valence-electron chi connectivity index (χ3n) is 6.54. The standard InChI is InChI=1S/C21H32N2O/c24-21-12-11-19-15-23(14-18-9-5-2-6-10-18)20(21)16-22(19)13-17-7-3-1-4-8-17/h1,3-4,7-8,18-21,24H,2,5-6,9-16H2/t19-,20+,21+/m0/s1. The SMILES string of the molecule is O[C@@H]1CC[C@H]2CN(CC3CCCCC3)[C@@H]1CN2Cc1ccccc1. The molecule has 0 aromatic heterocycles. The first kappa shape index (κ1) is 16.6. The molecule has 5 rings (SSSR count). The number of aliphatic hydroxyl groups is 1. The minimum absolute atomic E-state index is 0.139. The van der Waals surface area contributed by atoms with E-state index in [1.807, 2.05) is 0 Å². The molecule has 3 heterocycles. The molecule has 24 heavy (non-hydrogen) atoms. The maximum Gasteiger partial charge on any atom is 0.0708 e. The van der Waals surface area contributed by atoms with Crippen molar-refractivity contribution < 1.29 is 5.11 Å². The number of hydrogen-bond donors (Lipinski definition) is 1. The Hall–Kier alpha value is -0.900. The highest BCUT2D eigenvalue weighted by molar-refractivity contribution is 5.15. The van der Waals surface area contributed by atoms with E-state index in [9.17, 15) is 5.11 Å².